The predicted molar refractivity (Wildman–Crippen MR) is 71.1 cm³/mol. The number of rotatable bonds is 3. The lowest BCUT2D eigenvalue weighted by Gasteiger charge is -2.14. The zero-order valence-corrected chi connectivity index (χ0v) is 10.6. The van der Waals surface area contributed by atoms with E-state index in [1.807, 2.05) is 11.0 Å². The molecular formula is C13H18N4O2. The fraction of sp³-hybridized carbons (Fsp3) is 0.385. The predicted octanol–water partition coefficient (Wildman–Crippen LogP) is -0.519. The molecular weight excluding hydrogens is 244 g/mol. The number of likely N-dealkylation sites (tertiary alicyclic amines) is 1. The Labute approximate surface area is 111 Å². The Balaban J connectivity index is 1.73. The molecule has 0 bridgehead atoms. The number of nitrogens with one attached hydrogen (secondary N) is 2. The molecule has 102 valence electrons. The van der Waals surface area contributed by atoms with Gasteiger partial charge in [-0.3, -0.25) is 25.3 Å². The summed E-state index contributed by atoms with van der Waals surface area (Å²) >= 11 is 0. The van der Waals surface area contributed by atoms with Gasteiger partial charge in [-0.15, -0.1) is 0 Å². The van der Waals surface area contributed by atoms with Crippen LogP contribution < -0.4 is 16.6 Å². The molecule has 2 amide bonds. The van der Waals surface area contributed by atoms with Gasteiger partial charge in [0.15, 0.2) is 0 Å². The monoisotopic (exact) mass is 262 g/mol. The third kappa shape index (κ3) is 4.04. The van der Waals surface area contributed by atoms with Crippen molar-refractivity contribution in [2.45, 2.75) is 12.5 Å². The van der Waals surface area contributed by atoms with Gasteiger partial charge in [0.2, 0.25) is 0 Å². The van der Waals surface area contributed by atoms with Crippen molar-refractivity contribution in [3.63, 3.8) is 0 Å². The molecule has 0 saturated carbocycles. The lowest BCUT2D eigenvalue weighted by molar-refractivity contribution is -0.122. The molecule has 1 aliphatic heterocycles. The van der Waals surface area contributed by atoms with Gasteiger partial charge in [-0.1, -0.05) is 18.2 Å². The highest BCUT2D eigenvalue weighted by Crippen LogP contribution is 2.05. The molecule has 1 atom stereocenters. The number of hydrogen-bond donors (Lipinski definition) is 3. The van der Waals surface area contributed by atoms with Gasteiger partial charge in [-0.05, 0) is 18.6 Å². The average Bonchev–Trinajstić information content (AvgIpc) is 2.82. The largest absolute Gasteiger partial charge is 0.326 e. The van der Waals surface area contributed by atoms with Crippen LogP contribution >= 0.6 is 0 Å². The van der Waals surface area contributed by atoms with Crippen LogP contribution in [0.1, 0.15) is 16.8 Å². The van der Waals surface area contributed by atoms with E-state index in [2.05, 4.69) is 10.9 Å². The van der Waals surface area contributed by atoms with E-state index in [9.17, 15) is 9.59 Å². The Morgan fingerprint density at radius 3 is 2.63 bits per heavy atom. The molecule has 4 N–H and O–H groups in total. The van der Waals surface area contributed by atoms with E-state index in [1.165, 1.54) is 0 Å². The van der Waals surface area contributed by atoms with Crippen LogP contribution in [0, 0.1) is 0 Å². The number of nitrogens with two attached hydrogens (primary N) is 1. The zero-order chi connectivity index (χ0) is 13.7. The quantitative estimate of drug-likeness (QED) is 0.640. The summed E-state index contributed by atoms with van der Waals surface area (Å²) in [6.07, 6.45) is 0.906. The number of hydrogen-bond acceptors (Lipinski definition) is 4. The van der Waals surface area contributed by atoms with E-state index in [-0.39, 0.29) is 24.4 Å². The van der Waals surface area contributed by atoms with E-state index >= 15 is 0 Å². The number of benzene rings is 1. The minimum atomic E-state index is -0.327. The second-order valence-corrected chi connectivity index (χ2v) is 4.65. The fourth-order valence-electron chi connectivity index (χ4n) is 2.04. The molecule has 19 heavy (non-hydrogen) atoms. The van der Waals surface area contributed by atoms with Crippen LogP contribution in [-0.2, 0) is 4.79 Å². The van der Waals surface area contributed by atoms with Crippen LogP contribution in [0.2, 0.25) is 0 Å². The van der Waals surface area contributed by atoms with Crippen LogP contribution in [0.5, 0.6) is 0 Å². The highest BCUT2D eigenvalue weighted by Gasteiger charge is 2.21. The smallest absolute Gasteiger partial charge is 0.269 e. The van der Waals surface area contributed by atoms with Gasteiger partial charge < -0.3 is 5.73 Å². The molecule has 0 aromatic heterocycles. The van der Waals surface area contributed by atoms with Crippen molar-refractivity contribution in [3.05, 3.63) is 35.9 Å². The maximum atomic E-state index is 11.7. The van der Waals surface area contributed by atoms with E-state index in [4.69, 9.17) is 5.73 Å². The number of carbonyl (C=O) groups excluding carboxylic acids is 2. The minimum absolute atomic E-state index is 0.145. The van der Waals surface area contributed by atoms with Gasteiger partial charge >= 0.3 is 0 Å². The Hall–Kier alpha value is -1.92. The molecule has 1 aromatic carbocycles. The summed E-state index contributed by atoms with van der Waals surface area (Å²) < 4.78 is 0. The molecule has 0 unspecified atom stereocenters. The lowest BCUT2D eigenvalue weighted by atomic mass is 10.2. The topological polar surface area (TPSA) is 87.5 Å². The molecule has 1 fully saturated rings. The first-order chi connectivity index (χ1) is 9.15. The summed E-state index contributed by atoms with van der Waals surface area (Å²) in [6.45, 7) is 1.80. The van der Waals surface area contributed by atoms with E-state index in [0.717, 1.165) is 19.5 Å². The lowest BCUT2D eigenvalue weighted by Crippen LogP contribution is -2.46. The summed E-state index contributed by atoms with van der Waals surface area (Å²) in [6, 6.07) is 8.87. The maximum Gasteiger partial charge on any atom is 0.269 e. The van der Waals surface area contributed by atoms with Crippen molar-refractivity contribution in [2.75, 3.05) is 19.6 Å². The van der Waals surface area contributed by atoms with Gasteiger partial charge in [0.05, 0.1) is 6.54 Å². The maximum absolute atomic E-state index is 11.7. The third-order valence-corrected chi connectivity index (χ3v) is 3.03. The highest BCUT2D eigenvalue weighted by molar-refractivity contribution is 5.95. The highest BCUT2D eigenvalue weighted by atomic mass is 16.2. The third-order valence-electron chi connectivity index (χ3n) is 3.03. The number of amides is 2. The summed E-state index contributed by atoms with van der Waals surface area (Å²) in [7, 11) is 0. The van der Waals surface area contributed by atoms with Crippen LogP contribution in [0.3, 0.4) is 0 Å². The van der Waals surface area contributed by atoms with Crippen molar-refractivity contribution >= 4 is 11.8 Å². The fourth-order valence-corrected chi connectivity index (χ4v) is 2.04. The Morgan fingerprint density at radius 2 is 2.00 bits per heavy atom. The molecule has 0 radical (unpaired) electrons. The Morgan fingerprint density at radius 1 is 1.26 bits per heavy atom. The van der Waals surface area contributed by atoms with Gasteiger partial charge in [0.1, 0.15) is 0 Å². The SMILES string of the molecule is N[C@H]1CCN(CC(=O)NNC(=O)c2ccccc2)C1. The van der Waals surface area contributed by atoms with Gasteiger partial charge in [-0.2, -0.15) is 0 Å². The second-order valence-electron chi connectivity index (χ2n) is 4.65. The number of hydrazine groups is 1. The van der Waals surface area contributed by atoms with Gasteiger partial charge in [0.25, 0.3) is 11.8 Å². The van der Waals surface area contributed by atoms with Crippen LogP contribution in [0.15, 0.2) is 30.3 Å². The molecule has 0 aliphatic carbocycles. The van der Waals surface area contributed by atoms with E-state index in [1.54, 1.807) is 24.3 Å². The molecule has 2 rings (SSSR count). The minimum Gasteiger partial charge on any atom is -0.326 e. The normalized spacial score (nSPS) is 19.1. The van der Waals surface area contributed by atoms with Crippen LogP contribution in [-0.4, -0.2) is 42.4 Å². The molecule has 1 saturated heterocycles. The standard InChI is InChI=1S/C13H18N4O2/c14-11-6-7-17(8-11)9-12(18)15-16-13(19)10-4-2-1-3-5-10/h1-5,11H,6-9,14H2,(H,15,18)(H,16,19)/t11-/m0/s1. The zero-order valence-electron chi connectivity index (χ0n) is 10.6. The van der Waals surface area contributed by atoms with Gasteiger partial charge in [0, 0.05) is 24.7 Å². The Kier molecular flexibility index (Phi) is 4.48. The van der Waals surface area contributed by atoms with Crippen LogP contribution in [0.25, 0.3) is 0 Å². The van der Waals surface area contributed by atoms with Crippen molar-refractivity contribution in [1.82, 2.24) is 15.8 Å². The summed E-state index contributed by atoms with van der Waals surface area (Å²) in [4.78, 5) is 25.3. The first kappa shape index (κ1) is 13.5. The van der Waals surface area contributed by atoms with Crippen molar-refractivity contribution in [2.24, 2.45) is 5.73 Å². The van der Waals surface area contributed by atoms with Crippen molar-refractivity contribution < 1.29 is 9.59 Å². The average molecular weight is 262 g/mol. The summed E-state index contributed by atoms with van der Waals surface area (Å²) in [5.74, 6) is -0.564. The van der Waals surface area contributed by atoms with Crippen molar-refractivity contribution in [1.29, 1.82) is 0 Å². The molecule has 1 aromatic rings. The Bertz CT molecular complexity index is 449. The van der Waals surface area contributed by atoms with Crippen LogP contribution in [0.4, 0.5) is 0 Å². The van der Waals surface area contributed by atoms with Gasteiger partial charge in [-0.25, -0.2) is 0 Å². The molecule has 1 aliphatic rings. The summed E-state index contributed by atoms with van der Waals surface area (Å²) in [5, 5.41) is 0. The molecule has 0 spiro atoms. The molecule has 1 heterocycles. The first-order valence-electron chi connectivity index (χ1n) is 6.27. The number of carbonyl (C=O) groups is 2. The summed E-state index contributed by atoms with van der Waals surface area (Å²) in [5.41, 5.74) is 11.1. The van der Waals surface area contributed by atoms with E-state index in [0.29, 0.717) is 5.56 Å². The second kappa shape index (κ2) is 6.31. The molecule has 6 heteroatoms. The van der Waals surface area contributed by atoms with E-state index < -0.39 is 0 Å². The van der Waals surface area contributed by atoms with Crippen molar-refractivity contribution in [3.8, 4) is 0 Å². The number of nitrogens with zero attached hydrogens (tertiary/aromatic N) is 1. The molecule has 6 nitrogen and oxygen atoms in total. The first-order valence-corrected chi connectivity index (χ1v) is 6.27.